The number of carbonyl (C=O) groups is 1. The highest BCUT2D eigenvalue weighted by molar-refractivity contribution is 14.1. The molecule has 1 aromatic heterocycles. The number of rotatable bonds is 3. The van der Waals surface area contributed by atoms with Crippen molar-refractivity contribution < 1.29 is 14.8 Å². The molecule has 3 rings (SSSR count). The summed E-state index contributed by atoms with van der Waals surface area (Å²) in [5.41, 5.74) is 1.24. The van der Waals surface area contributed by atoms with E-state index in [1.165, 1.54) is 6.07 Å². The average Bonchev–Trinajstić information content (AvgIpc) is 3.04. The molecule has 2 heterocycles. The molecule has 1 atom stereocenters. The van der Waals surface area contributed by atoms with E-state index in [-0.39, 0.29) is 11.7 Å². The van der Waals surface area contributed by atoms with Crippen LogP contribution < -0.4 is 10.2 Å². The van der Waals surface area contributed by atoms with Gasteiger partial charge in [-0.2, -0.15) is 5.10 Å². The SMILES string of the molecule is Cn1cc2c(N3CC[C@@H](NC(=O)O)C3)c([N+](=O)[O-])cc(I)c2n1. The number of fused-ring (bicyclic) bond motifs is 1. The molecule has 23 heavy (non-hydrogen) atoms. The third-order valence-electron chi connectivity index (χ3n) is 3.84. The van der Waals surface area contributed by atoms with Gasteiger partial charge in [-0.1, -0.05) is 0 Å². The highest BCUT2D eigenvalue weighted by Crippen LogP contribution is 2.39. The van der Waals surface area contributed by atoms with Crippen LogP contribution in [0.4, 0.5) is 16.2 Å². The van der Waals surface area contributed by atoms with Crippen LogP contribution in [-0.4, -0.2) is 45.0 Å². The fourth-order valence-corrected chi connectivity index (χ4v) is 3.65. The molecule has 1 fully saturated rings. The lowest BCUT2D eigenvalue weighted by molar-refractivity contribution is -0.384. The molecule has 0 bridgehead atoms. The number of aromatic nitrogens is 2. The van der Waals surface area contributed by atoms with Gasteiger partial charge in [-0.25, -0.2) is 4.79 Å². The van der Waals surface area contributed by atoms with E-state index in [9.17, 15) is 14.9 Å². The number of halogens is 1. The van der Waals surface area contributed by atoms with Crippen molar-refractivity contribution in [1.82, 2.24) is 15.1 Å². The largest absolute Gasteiger partial charge is 0.465 e. The summed E-state index contributed by atoms with van der Waals surface area (Å²) in [6.45, 7) is 0.952. The third kappa shape index (κ3) is 2.90. The molecular weight excluding hydrogens is 417 g/mol. The van der Waals surface area contributed by atoms with Crippen LogP contribution in [0.2, 0.25) is 0 Å². The van der Waals surface area contributed by atoms with Gasteiger partial charge in [-0.3, -0.25) is 14.8 Å². The van der Waals surface area contributed by atoms with E-state index in [1.54, 1.807) is 17.9 Å². The predicted molar refractivity (Wildman–Crippen MR) is 91.9 cm³/mol. The highest BCUT2D eigenvalue weighted by Gasteiger charge is 2.31. The molecule has 1 aliphatic heterocycles. The molecule has 10 heteroatoms. The molecule has 0 unspecified atom stereocenters. The van der Waals surface area contributed by atoms with Crippen molar-refractivity contribution >= 4 is 51.0 Å². The lowest BCUT2D eigenvalue weighted by Crippen LogP contribution is -2.36. The van der Waals surface area contributed by atoms with Gasteiger partial charge in [0.2, 0.25) is 0 Å². The Balaban J connectivity index is 2.09. The Bertz CT molecular complexity index is 805. The summed E-state index contributed by atoms with van der Waals surface area (Å²) in [5.74, 6) is 0. The molecule has 2 N–H and O–H groups in total. The van der Waals surface area contributed by atoms with Crippen LogP contribution in [0.3, 0.4) is 0 Å². The minimum absolute atomic E-state index is 0.0193. The first kappa shape index (κ1) is 15.8. The van der Waals surface area contributed by atoms with Crippen LogP contribution in [0, 0.1) is 13.7 Å². The summed E-state index contributed by atoms with van der Waals surface area (Å²) in [4.78, 5) is 23.7. The summed E-state index contributed by atoms with van der Waals surface area (Å²) in [6, 6.07) is 1.28. The average molecular weight is 431 g/mol. The molecule has 0 spiro atoms. The highest BCUT2D eigenvalue weighted by atomic mass is 127. The first-order valence-electron chi connectivity index (χ1n) is 6.91. The summed E-state index contributed by atoms with van der Waals surface area (Å²) < 4.78 is 2.34. The van der Waals surface area contributed by atoms with Crippen molar-refractivity contribution in [2.24, 2.45) is 7.05 Å². The summed E-state index contributed by atoms with van der Waals surface area (Å²) in [7, 11) is 1.77. The van der Waals surface area contributed by atoms with E-state index in [2.05, 4.69) is 10.4 Å². The normalized spacial score (nSPS) is 17.7. The van der Waals surface area contributed by atoms with Crippen molar-refractivity contribution in [2.45, 2.75) is 12.5 Å². The Hall–Kier alpha value is -2.11. The Kier molecular flexibility index (Phi) is 4.00. The number of carboxylic acid groups (broad SMARTS) is 1. The molecule has 1 amide bonds. The van der Waals surface area contributed by atoms with Gasteiger partial charge in [0.25, 0.3) is 5.69 Å². The Morgan fingerprint density at radius 2 is 2.35 bits per heavy atom. The van der Waals surface area contributed by atoms with E-state index >= 15 is 0 Å². The Morgan fingerprint density at radius 3 is 3.00 bits per heavy atom. The van der Waals surface area contributed by atoms with Crippen LogP contribution >= 0.6 is 22.6 Å². The van der Waals surface area contributed by atoms with Crippen molar-refractivity contribution in [3.8, 4) is 0 Å². The van der Waals surface area contributed by atoms with Crippen molar-refractivity contribution in [3.63, 3.8) is 0 Å². The van der Waals surface area contributed by atoms with E-state index in [0.29, 0.717) is 39.7 Å². The van der Waals surface area contributed by atoms with Gasteiger partial charge in [0.15, 0.2) is 0 Å². The topological polar surface area (TPSA) is 114 Å². The first-order chi connectivity index (χ1) is 10.9. The zero-order valence-electron chi connectivity index (χ0n) is 12.2. The number of aryl methyl sites for hydroxylation is 1. The number of amides is 1. The van der Waals surface area contributed by atoms with Crippen LogP contribution in [0.15, 0.2) is 12.3 Å². The van der Waals surface area contributed by atoms with Crippen LogP contribution in [0.25, 0.3) is 10.9 Å². The molecule has 9 nitrogen and oxygen atoms in total. The molecule has 1 saturated heterocycles. The van der Waals surface area contributed by atoms with Crippen molar-refractivity contribution in [3.05, 3.63) is 25.9 Å². The number of benzene rings is 1. The monoisotopic (exact) mass is 431 g/mol. The molecule has 1 aromatic carbocycles. The first-order valence-corrected chi connectivity index (χ1v) is 7.99. The fourth-order valence-electron chi connectivity index (χ4n) is 2.96. The van der Waals surface area contributed by atoms with Crippen LogP contribution in [0.1, 0.15) is 6.42 Å². The minimum Gasteiger partial charge on any atom is -0.465 e. The van der Waals surface area contributed by atoms with Gasteiger partial charge in [0, 0.05) is 36.0 Å². The number of nitrogens with one attached hydrogen (secondary N) is 1. The second-order valence-electron chi connectivity index (χ2n) is 5.43. The second-order valence-corrected chi connectivity index (χ2v) is 6.59. The molecule has 0 aliphatic carbocycles. The second kappa shape index (κ2) is 5.83. The maximum absolute atomic E-state index is 11.5. The summed E-state index contributed by atoms with van der Waals surface area (Å²) >= 11 is 2.04. The Labute approximate surface area is 144 Å². The number of hydrogen-bond acceptors (Lipinski definition) is 5. The molecule has 0 saturated carbocycles. The predicted octanol–water partition coefficient (Wildman–Crippen LogP) is 1.93. The molecule has 0 radical (unpaired) electrons. The minimum atomic E-state index is -1.08. The van der Waals surface area contributed by atoms with E-state index in [4.69, 9.17) is 5.11 Å². The van der Waals surface area contributed by atoms with Gasteiger partial charge < -0.3 is 15.3 Å². The fraction of sp³-hybridized carbons (Fsp3) is 0.385. The van der Waals surface area contributed by atoms with E-state index < -0.39 is 11.0 Å². The lowest BCUT2D eigenvalue weighted by atomic mass is 10.1. The molecule has 122 valence electrons. The number of nitrogens with zero attached hydrogens (tertiary/aromatic N) is 4. The molecule has 2 aromatic rings. The summed E-state index contributed by atoms with van der Waals surface area (Å²) in [5, 5.41) is 27.8. The zero-order chi connectivity index (χ0) is 16.7. The maximum atomic E-state index is 11.5. The van der Waals surface area contributed by atoms with Crippen molar-refractivity contribution in [1.29, 1.82) is 0 Å². The zero-order valence-corrected chi connectivity index (χ0v) is 14.3. The van der Waals surface area contributed by atoms with E-state index in [0.717, 1.165) is 0 Å². The number of nitro groups is 1. The summed E-state index contributed by atoms with van der Waals surface area (Å²) in [6.07, 6.45) is 1.29. The van der Waals surface area contributed by atoms with Gasteiger partial charge >= 0.3 is 6.09 Å². The number of hydrogen-bond donors (Lipinski definition) is 2. The molecular formula is C13H14IN5O4. The maximum Gasteiger partial charge on any atom is 0.404 e. The van der Waals surface area contributed by atoms with Crippen LogP contribution in [-0.2, 0) is 7.05 Å². The quantitative estimate of drug-likeness (QED) is 0.436. The molecule has 1 aliphatic rings. The van der Waals surface area contributed by atoms with Gasteiger partial charge in [0.1, 0.15) is 11.2 Å². The number of nitro benzene ring substituents is 1. The van der Waals surface area contributed by atoms with Crippen molar-refractivity contribution in [2.75, 3.05) is 18.0 Å². The van der Waals surface area contributed by atoms with Gasteiger partial charge in [-0.05, 0) is 29.0 Å². The number of anilines is 1. The smallest absolute Gasteiger partial charge is 0.404 e. The third-order valence-corrected chi connectivity index (χ3v) is 4.67. The standard InChI is InChI=1S/C13H14IN5O4/c1-17-6-8-11(16-17)9(14)4-10(19(22)23)12(8)18-3-2-7(5-18)15-13(20)21/h4,6-7,15H,2-3,5H2,1H3,(H,20,21)/t7-/m1/s1. The van der Waals surface area contributed by atoms with Crippen LogP contribution in [0.5, 0.6) is 0 Å². The van der Waals surface area contributed by atoms with Gasteiger partial charge in [0.05, 0.1) is 16.4 Å². The van der Waals surface area contributed by atoms with E-state index in [1.807, 2.05) is 27.5 Å². The lowest BCUT2D eigenvalue weighted by Gasteiger charge is -2.19. The Morgan fingerprint density at radius 1 is 1.61 bits per heavy atom. The van der Waals surface area contributed by atoms with Gasteiger partial charge in [-0.15, -0.1) is 0 Å².